The summed E-state index contributed by atoms with van der Waals surface area (Å²) < 4.78 is 18.6. The second-order valence-corrected chi connectivity index (χ2v) is 3.66. The van der Waals surface area contributed by atoms with Gasteiger partial charge in [-0.2, -0.15) is 5.10 Å². The van der Waals surface area contributed by atoms with Gasteiger partial charge in [-0.05, 0) is 28.1 Å². The fourth-order valence-electron chi connectivity index (χ4n) is 1.26. The molecule has 1 heterocycles. The molecule has 0 aliphatic carbocycles. The number of aromatic nitrogens is 2. The van der Waals surface area contributed by atoms with Gasteiger partial charge in [0, 0.05) is 6.92 Å². The number of carbonyl (C=O) groups is 1. The lowest BCUT2D eigenvalue weighted by Crippen LogP contribution is -2.03. The summed E-state index contributed by atoms with van der Waals surface area (Å²) in [5.41, 5.74) is 0.597. The molecule has 0 fully saturated rings. The van der Waals surface area contributed by atoms with Crippen molar-refractivity contribution in [2.45, 2.75) is 6.92 Å². The Hall–Kier alpha value is -1.43. The van der Waals surface area contributed by atoms with Crippen LogP contribution in [-0.4, -0.2) is 16.2 Å². The maximum absolute atomic E-state index is 13.4. The van der Waals surface area contributed by atoms with Crippen LogP contribution in [0.4, 0.5) is 4.39 Å². The highest BCUT2D eigenvalue weighted by Gasteiger charge is 2.15. The zero-order chi connectivity index (χ0) is 11.0. The number of nitrogens with one attached hydrogen (secondary N) is 1. The second kappa shape index (κ2) is 3.62. The summed E-state index contributed by atoms with van der Waals surface area (Å²) in [6.45, 7) is 1.21. The van der Waals surface area contributed by atoms with Crippen LogP contribution >= 0.6 is 15.9 Å². The van der Waals surface area contributed by atoms with E-state index in [2.05, 4.69) is 26.1 Å². The summed E-state index contributed by atoms with van der Waals surface area (Å²) in [5, 5.41) is 6.93. The predicted octanol–water partition coefficient (Wildman–Crippen LogP) is 2.39. The molecule has 0 spiro atoms. The topological polar surface area (TPSA) is 55.0 Å². The van der Waals surface area contributed by atoms with Gasteiger partial charge in [-0.25, -0.2) is 4.39 Å². The number of nitrogens with zero attached hydrogens (tertiary/aromatic N) is 1. The summed E-state index contributed by atoms with van der Waals surface area (Å²) in [4.78, 5) is 10.8. The first-order valence-corrected chi connectivity index (χ1v) is 4.89. The number of esters is 1. The van der Waals surface area contributed by atoms with Crippen LogP contribution in [0.25, 0.3) is 10.9 Å². The molecular weight excluding hydrogens is 267 g/mol. The van der Waals surface area contributed by atoms with Crippen molar-refractivity contribution in [1.82, 2.24) is 10.2 Å². The molecule has 0 saturated heterocycles. The molecular formula is C9H6BrFN2O2. The van der Waals surface area contributed by atoms with E-state index >= 15 is 0 Å². The minimum Gasteiger partial charge on any atom is -0.423 e. The van der Waals surface area contributed by atoms with Gasteiger partial charge in [0.05, 0.1) is 10.9 Å². The highest BCUT2D eigenvalue weighted by atomic mass is 79.9. The highest BCUT2D eigenvalue weighted by Crippen LogP contribution is 2.32. The zero-order valence-corrected chi connectivity index (χ0v) is 9.26. The number of hydrogen-bond acceptors (Lipinski definition) is 3. The molecule has 4 nitrogen and oxygen atoms in total. The Balaban J connectivity index is 2.72. The van der Waals surface area contributed by atoms with E-state index in [1.807, 2.05) is 0 Å². The minimum absolute atomic E-state index is 0.111. The number of aromatic amines is 1. The number of hydrogen-bond donors (Lipinski definition) is 1. The van der Waals surface area contributed by atoms with E-state index in [1.54, 1.807) is 0 Å². The maximum atomic E-state index is 13.4. The van der Waals surface area contributed by atoms with Crippen molar-refractivity contribution in [3.8, 4) is 5.75 Å². The average Bonchev–Trinajstić information content (AvgIpc) is 2.52. The van der Waals surface area contributed by atoms with Crippen molar-refractivity contribution in [2.75, 3.05) is 0 Å². The smallest absolute Gasteiger partial charge is 0.308 e. The number of rotatable bonds is 1. The molecule has 15 heavy (non-hydrogen) atoms. The van der Waals surface area contributed by atoms with E-state index in [1.165, 1.54) is 19.1 Å². The molecule has 78 valence electrons. The van der Waals surface area contributed by atoms with Crippen molar-refractivity contribution in [2.24, 2.45) is 0 Å². The molecule has 0 radical (unpaired) electrons. The molecule has 0 unspecified atom stereocenters. The number of H-pyrrole nitrogens is 1. The molecule has 1 aromatic carbocycles. The maximum Gasteiger partial charge on any atom is 0.308 e. The van der Waals surface area contributed by atoms with E-state index in [0.29, 0.717) is 15.5 Å². The first kappa shape index (κ1) is 10.1. The lowest BCUT2D eigenvalue weighted by molar-refractivity contribution is -0.132. The number of fused-ring (bicyclic) bond motifs is 1. The third kappa shape index (κ3) is 1.72. The van der Waals surface area contributed by atoms with E-state index in [9.17, 15) is 9.18 Å². The lowest BCUT2D eigenvalue weighted by atomic mass is 10.2. The third-order valence-electron chi connectivity index (χ3n) is 1.84. The monoisotopic (exact) mass is 272 g/mol. The van der Waals surface area contributed by atoms with Gasteiger partial charge in [0.25, 0.3) is 0 Å². The molecule has 0 bridgehead atoms. The quantitative estimate of drug-likeness (QED) is 0.641. The fourth-order valence-corrected chi connectivity index (χ4v) is 1.75. The summed E-state index contributed by atoms with van der Waals surface area (Å²) in [6.07, 6.45) is 0. The first-order valence-electron chi connectivity index (χ1n) is 4.10. The van der Waals surface area contributed by atoms with Crippen LogP contribution in [0, 0.1) is 5.82 Å². The molecule has 0 aliphatic heterocycles. The Morgan fingerprint density at radius 2 is 2.33 bits per heavy atom. The first-order chi connectivity index (χ1) is 7.09. The van der Waals surface area contributed by atoms with Gasteiger partial charge >= 0.3 is 5.97 Å². The Morgan fingerprint density at radius 1 is 1.60 bits per heavy atom. The van der Waals surface area contributed by atoms with Crippen molar-refractivity contribution < 1.29 is 13.9 Å². The Labute approximate surface area is 92.5 Å². The summed E-state index contributed by atoms with van der Waals surface area (Å²) in [7, 11) is 0. The lowest BCUT2D eigenvalue weighted by Gasteiger charge is -2.03. The second-order valence-electron chi connectivity index (χ2n) is 2.91. The predicted molar refractivity (Wildman–Crippen MR) is 55.1 cm³/mol. The minimum atomic E-state index is -0.597. The molecule has 0 atom stereocenters. The van der Waals surface area contributed by atoms with Gasteiger partial charge in [-0.1, -0.05) is 0 Å². The largest absolute Gasteiger partial charge is 0.423 e. The summed E-state index contributed by atoms with van der Waals surface area (Å²) >= 11 is 3.14. The normalized spacial score (nSPS) is 10.6. The number of halogens is 2. The van der Waals surface area contributed by atoms with Gasteiger partial charge in [-0.3, -0.25) is 9.89 Å². The summed E-state index contributed by atoms with van der Waals surface area (Å²) in [5.74, 6) is -1.28. The van der Waals surface area contributed by atoms with Crippen LogP contribution in [0.1, 0.15) is 6.92 Å². The van der Waals surface area contributed by atoms with Gasteiger partial charge in [0.2, 0.25) is 0 Å². The van der Waals surface area contributed by atoms with Crippen LogP contribution in [0.15, 0.2) is 16.7 Å². The third-order valence-corrected chi connectivity index (χ3v) is 2.41. The van der Waals surface area contributed by atoms with Crippen molar-refractivity contribution in [3.05, 3.63) is 22.6 Å². The van der Waals surface area contributed by atoms with E-state index in [0.717, 1.165) is 0 Å². The molecule has 2 aromatic rings. The van der Waals surface area contributed by atoms with Crippen LogP contribution in [0.5, 0.6) is 5.75 Å². The Kier molecular flexibility index (Phi) is 2.44. The number of ether oxygens (including phenoxy) is 1. The van der Waals surface area contributed by atoms with Crippen LogP contribution in [-0.2, 0) is 4.79 Å². The van der Waals surface area contributed by atoms with E-state index < -0.39 is 11.8 Å². The molecule has 2 rings (SSSR count). The van der Waals surface area contributed by atoms with Gasteiger partial charge in [0.15, 0.2) is 11.6 Å². The van der Waals surface area contributed by atoms with E-state index in [-0.39, 0.29) is 5.75 Å². The van der Waals surface area contributed by atoms with Crippen molar-refractivity contribution in [3.63, 3.8) is 0 Å². The van der Waals surface area contributed by atoms with Crippen LogP contribution in [0.3, 0.4) is 0 Å². The van der Waals surface area contributed by atoms with Gasteiger partial charge in [-0.15, -0.1) is 0 Å². The standard InChI is InChI=1S/C9H6BrFN2O2/c1-4(14)15-8-5(11)2-3-6-7(8)9(10)13-12-6/h2-3H,1H3,(H,12,13). The molecule has 0 amide bonds. The average molecular weight is 273 g/mol. The molecule has 0 aliphatic rings. The van der Waals surface area contributed by atoms with E-state index in [4.69, 9.17) is 4.74 Å². The molecule has 1 aromatic heterocycles. The Bertz CT molecular complexity index is 538. The van der Waals surface area contributed by atoms with Gasteiger partial charge < -0.3 is 4.74 Å². The summed E-state index contributed by atoms with van der Waals surface area (Å²) in [6, 6.07) is 2.74. The van der Waals surface area contributed by atoms with Crippen molar-refractivity contribution in [1.29, 1.82) is 0 Å². The Morgan fingerprint density at radius 3 is 3.00 bits per heavy atom. The molecule has 1 N–H and O–H groups in total. The molecule has 0 saturated carbocycles. The molecule has 6 heteroatoms. The van der Waals surface area contributed by atoms with Crippen LogP contribution in [0.2, 0.25) is 0 Å². The number of carbonyl (C=O) groups excluding carboxylic acids is 1. The highest BCUT2D eigenvalue weighted by molar-refractivity contribution is 9.10. The van der Waals surface area contributed by atoms with Gasteiger partial charge in [0.1, 0.15) is 4.60 Å². The SMILES string of the molecule is CC(=O)Oc1c(F)ccc2[nH]nc(Br)c12. The zero-order valence-electron chi connectivity index (χ0n) is 7.67. The fraction of sp³-hybridized carbons (Fsp3) is 0.111. The van der Waals surface area contributed by atoms with Crippen LogP contribution < -0.4 is 4.74 Å². The number of benzene rings is 1. The van der Waals surface area contributed by atoms with Crippen molar-refractivity contribution >= 4 is 32.8 Å².